The van der Waals surface area contributed by atoms with Gasteiger partial charge in [0.25, 0.3) is 0 Å². The number of carbonyl (C=O) groups excluding carboxylic acids is 1. The Morgan fingerprint density at radius 2 is 1.79 bits per heavy atom. The highest BCUT2D eigenvalue weighted by Gasteiger charge is 2.20. The molecule has 0 fully saturated rings. The van der Waals surface area contributed by atoms with Gasteiger partial charge in [-0.05, 0) is 36.6 Å². The third-order valence-electron chi connectivity index (χ3n) is 3.99. The van der Waals surface area contributed by atoms with Crippen LogP contribution in [-0.2, 0) is 14.6 Å². The van der Waals surface area contributed by atoms with Crippen molar-refractivity contribution in [1.82, 2.24) is 0 Å². The SMILES string of the molecule is CCCC(C(=O)Nc1cc(S(C)(=O)=O)ccc1C)c1ccccc1. The van der Waals surface area contributed by atoms with Crippen LogP contribution in [0.2, 0.25) is 0 Å². The molecule has 128 valence electrons. The first kappa shape index (κ1) is 18.2. The maximum atomic E-state index is 12.8. The summed E-state index contributed by atoms with van der Waals surface area (Å²) in [6, 6.07) is 14.4. The first-order chi connectivity index (χ1) is 11.3. The number of rotatable bonds is 6. The molecular weight excluding hydrogens is 322 g/mol. The van der Waals surface area contributed by atoms with Crippen LogP contribution in [-0.4, -0.2) is 20.6 Å². The van der Waals surface area contributed by atoms with Gasteiger partial charge in [0.2, 0.25) is 5.91 Å². The number of hydrogen-bond acceptors (Lipinski definition) is 3. The highest BCUT2D eigenvalue weighted by molar-refractivity contribution is 7.90. The van der Waals surface area contributed by atoms with E-state index in [4.69, 9.17) is 0 Å². The second-order valence-corrected chi connectivity index (χ2v) is 8.01. The second kappa shape index (κ2) is 7.62. The summed E-state index contributed by atoms with van der Waals surface area (Å²) in [5, 5.41) is 2.90. The molecule has 5 heteroatoms. The maximum Gasteiger partial charge on any atom is 0.231 e. The summed E-state index contributed by atoms with van der Waals surface area (Å²) in [6.45, 7) is 3.89. The zero-order valence-corrected chi connectivity index (χ0v) is 15.1. The first-order valence-corrected chi connectivity index (χ1v) is 9.88. The Morgan fingerprint density at radius 3 is 2.38 bits per heavy atom. The summed E-state index contributed by atoms with van der Waals surface area (Å²) in [5.41, 5.74) is 2.34. The third-order valence-corrected chi connectivity index (χ3v) is 5.10. The number of carbonyl (C=O) groups is 1. The molecule has 1 atom stereocenters. The van der Waals surface area contributed by atoms with E-state index in [1.165, 1.54) is 6.07 Å². The zero-order valence-electron chi connectivity index (χ0n) is 14.2. The molecule has 2 aromatic carbocycles. The topological polar surface area (TPSA) is 63.2 Å². The average Bonchev–Trinajstić information content (AvgIpc) is 2.54. The van der Waals surface area contributed by atoms with Crippen molar-refractivity contribution in [2.24, 2.45) is 0 Å². The highest BCUT2D eigenvalue weighted by atomic mass is 32.2. The van der Waals surface area contributed by atoms with Crippen molar-refractivity contribution in [3.8, 4) is 0 Å². The number of amides is 1. The fourth-order valence-electron chi connectivity index (χ4n) is 2.61. The Kier molecular flexibility index (Phi) is 5.78. The standard InChI is InChI=1S/C19H23NO3S/c1-4-8-17(15-9-6-5-7-10-15)19(21)20-18-13-16(24(3,22)23)12-11-14(18)2/h5-7,9-13,17H,4,8H2,1-3H3,(H,20,21). The number of nitrogens with one attached hydrogen (secondary N) is 1. The Balaban J connectivity index is 2.30. The van der Waals surface area contributed by atoms with Gasteiger partial charge >= 0.3 is 0 Å². The number of aryl methyl sites for hydroxylation is 1. The van der Waals surface area contributed by atoms with Crippen LogP contribution >= 0.6 is 0 Å². The van der Waals surface area contributed by atoms with Crippen LogP contribution in [0.15, 0.2) is 53.4 Å². The second-order valence-electron chi connectivity index (χ2n) is 5.99. The largest absolute Gasteiger partial charge is 0.325 e. The summed E-state index contributed by atoms with van der Waals surface area (Å²) in [7, 11) is -3.31. The van der Waals surface area contributed by atoms with Crippen molar-refractivity contribution in [2.45, 2.75) is 37.5 Å². The molecule has 0 aromatic heterocycles. The van der Waals surface area contributed by atoms with Crippen molar-refractivity contribution in [3.05, 3.63) is 59.7 Å². The molecule has 0 saturated heterocycles. The van der Waals surface area contributed by atoms with Crippen molar-refractivity contribution >= 4 is 21.4 Å². The van der Waals surface area contributed by atoms with E-state index in [0.29, 0.717) is 5.69 Å². The van der Waals surface area contributed by atoms with Gasteiger partial charge in [0.15, 0.2) is 9.84 Å². The molecule has 0 radical (unpaired) electrons. The maximum absolute atomic E-state index is 12.8. The van der Waals surface area contributed by atoms with Crippen molar-refractivity contribution < 1.29 is 13.2 Å². The van der Waals surface area contributed by atoms with E-state index in [9.17, 15) is 13.2 Å². The summed E-state index contributed by atoms with van der Waals surface area (Å²) >= 11 is 0. The minimum Gasteiger partial charge on any atom is -0.325 e. The summed E-state index contributed by atoms with van der Waals surface area (Å²) in [6.07, 6.45) is 2.78. The predicted octanol–water partition coefficient (Wildman–Crippen LogP) is 3.92. The molecule has 0 heterocycles. The van der Waals surface area contributed by atoms with Crippen LogP contribution in [0, 0.1) is 6.92 Å². The lowest BCUT2D eigenvalue weighted by Gasteiger charge is -2.18. The van der Waals surface area contributed by atoms with Crippen LogP contribution in [0.1, 0.15) is 36.8 Å². The Labute approximate surface area is 143 Å². The molecule has 0 aliphatic heterocycles. The Hall–Kier alpha value is -2.14. The van der Waals surface area contributed by atoms with Crippen LogP contribution in [0.3, 0.4) is 0 Å². The van der Waals surface area contributed by atoms with Gasteiger partial charge in [-0.2, -0.15) is 0 Å². The van der Waals surface area contributed by atoms with E-state index in [1.807, 2.05) is 44.2 Å². The molecule has 0 bridgehead atoms. The Bertz CT molecular complexity index is 814. The van der Waals surface area contributed by atoms with E-state index in [1.54, 1.807) is 12.1 Å². The molecule has 0 spiro atoms. The summed E-state index contributed by atoms with van der Waals surface area (Å²) < 4.78 is 23.5. The predicted molar refractivity (Wildman–Crippen MR) is 97.0 cm³/mol. The van der Waals surface area contributed by atoms with E-state index >= 15 is 0 Å². The molecule has 0 aliphatic rings. The van der Waals surface area contributed by atoms with Gasteiger partial charge in [0.1, 0.15) is 0 Å². The van der Waals surface area contributed by atoms with E-state index < -0.39 is 9.84 Å². The normalized spacial score (nSPS) is 12.6. The number of sulfone groups is 1. The summed E-state index contributed by atoms with van der Waals surface area (Å²) in [4.78, 5) is 13.0. The quantitative estimate of drug-likeness (QED) is 0.863. The van der Waals surface area contributed by atoms with E-state index in [-0.39, 0.29) is 16.7 Å². The molecule has 2 rings (SSSR count). The van der Waals surface area contributed by atoms with Crippen molar-refractivity contribution in [2.75, 3.05) is 11.6 Å². The Morgan fingerprint density at radius 1 is 1.12 bits per heavy atom. The van der Waals surface area contributed by atoms with Gasteiger partial charge in [-0.1, -0.05) is 49.7 Å². The number of hydrogen-bond donors (Lipinski definition) is 1. The van der Waals surface area contributed by atoms with Gasteiger partial charge in [-0.15, -0.1) is 0 Å². The number of anilines is 1. The van der Waals surface area contributed by atoms with Crippen LogP contribution in [0.5, 0.6) is 0 Å². The van der Waals surface area contributed by atoms with Gasteiger partial charge in [0.05, 0.1) is 10.8 Å². The molecular formula is C19H23NO3S. The zero-order chi connectivity index (χ0) is 17.7. The lowest BCUT2D eigenvalue weighted by atomic mass is 9.93. The third kappa shape index (κ3) is 4.45. The van der Waals surface area contributed by atoms with Gasteiger partial charge in [-0.25, -0.2) is 8.42 Å². The van der Waals surface area contributed by atoms with Crippen LogP contribution in [0.25, 0.3) is 0 Å². The molecule has 1 unspecified atom stereocenters. The average molecular weight is 345 g/mol. The molecule has 4 nitrogen and oxygen atoms in total. The van der Waals surface area contributed by atoms with Crippen LogP contribution in [0.4, 0.5) is 5.69 Å². The highest BCUT2D eigenvalue weighted by Crippen LogP contribution is 2.26. The van der Waals surface area contributed by atoms with Crippen LogP contribution < -0.4 is 5.32 Å². The lowest BCUT2D eigenvalue weighted by molar-refractivity contribution is -0.117. The molecule has 0 aliphatic carbocycles. The van der Waals surface area contributed by atoms with Gasteiger partial charge in [-0.3, -0.25) is 4.79 Å². The summed E-state index contributed by atoms with van der Waals surface area (Å²) in [5.74, 6) is -0.366. The minimum absolute atomic E-state index is 0.114. The fourth-order valence-corrected chi connectivity index (χ4v) is 3.26. The van der Waals surface area contributed by atoms with E-state index in [2.05, 4.69) is 5.32 Å². The fraction of sp³-hybridized carbons (Fsp3) is 0.316. The van der Waals surface area contributed by atoms with Gasteiger partial charge in [0, 0.05) is 11.9 Å². The monoisotopic (exact) mass is 345 g/mol. The van der Waals surface area contributed by atoms with Crippen molar-refractivity contribution in [3.63, 3.8) is 0 Å². The molecule has 24 heavy (non-hydrogen) atoms. The first-order valence-electron chi connectivity index (χ1n) is 7.99. The van der Waals surface area contributed by atoms with Crippen molar-refractivity contribution in [1.29, 1.82) is 0 Å². The minimum atomic E-state index is -3.31. The smallest absolute Gasteiger partial charge is 0.231 e. The molecule has 1 N–H and O–H groups in total. The molecule has 2 aromatic rings. The molecule has 0 saturated carbocycles. The molecule has 1 amide bonds. The van der Waals surface area contributed by atoms with E-state index in [0.717, 1.165) is 30.2 Å². The number of benzene rings is 2. The van der Waals surface area contributed by atoms with Gasteiger partial charge < -0.3 is 5.32 Å². The lowest BCUT2D eigenvalue weighted by Crippen LogP contribution is -2.21.